The number of anilines is 1. The van der Waals surface area contributed by atoms with Crippen LogP contribution in [-0.2, 0) is 26.9 Å². The number of hydrogen-bond donors (Lipinski definition) is 2. The molecule has 37 heavy (non-hydrogen) atoms. The van der Waals surface area contributed by atoms with Crippen molar-refractivity contribution in [3.63, 3.8) is 0 Å². The van der Waals surface area contributed by atoms with Gasteiger partial charge in [-0.2, -0.15) is 8.42 Å². The van der Waals surface area contributed by atoms with Gasteiger partial charge in [0.05, 0.1) is 11.3 Å². The predicted octanol–water partition coefficient (Wildman–Crippen LogP) is 3.77. The highest BCUT2D eigenvalue weighted by atomic mass is 32.2. The van der Waals surface area contributed by atoms with Crippen molar-refractivity contribution in [1.29, 1.82) is 0 Å². The van der Waals surface area contributed by atoms with Crippen molar-refractivity contribution in [1.82, 2.24) is 0 Å². The Kier molecular flexibility index (Phi) is 7.70. The van der Waals surface area contributed by atoms with Gasteiger partial charge < -0.3 is 14.4 Å². The highest BCUT2D eigenvalue weighted by Crippen LogP contribution is 2.42. The van der Waals surface area contributed by atoms with Crippen molar-refractivity contribution >= 4 is 32.7 Å². The topological polar surface area (TPSA) is 129 Å². The number of carbonyl (C=O) groups is 1. The lowest BCUT2D eigenvalue weighted by molar-refractivity contribution is -0.697. The highest BCUT2D eigenvalue weighted by molar-refractivity contribution is 7.85. The molecule has 0 saturated heterocycles. The summed E-state index contributed by atoms with van der Waals surface area (Å²) in [5, 5.41) is 9.83. The van der Waals surface area contributed by atoms with E-state index in [1.165, 1.54) is 0 Å². The molecule has 0 unspecified atom stereocenters. The molecule has 3 heterocycles. The van der Waals surface area contributed by atoms with E-state index in [4.69, 9.17) is 14.1 Å². The van der Waals surface area contributed by atoms with Gasteiger partial charge in [0.15, 0.2) is 12.4 Å². The van der Waals surface area contributed by atoms with Gasteiger partial charge in [-0.15, -0.1) is 0 Å². The first-order chi connectivity index (χ1) is 17.4. The van der Waals surface area contributed by atoms with Crippen LogP contribution in [0.5, 0.6) is 0 Å². The van der Waals surface area contributed by atoms with Crippen LogP contribution in [0.1, 0.15) is 51.5 Å². The lowest BCUT2D eigenvalue weighted by Crippen LogP contribution is -2.38. The van der Waals surface area contributed by atoms with E-state index in [0.29, 0.717) is 43.5 Å². The molecule has 2 N–H and O–H groups in total. The molecule has 0 radical (unpaired) electrons. The summed E-state index contributed by atoms with van der Waals surface area (Å²) in [4.78, 5) is 26.1. The van der Waals surface area contributed by atoms with Gasteiger partial charge in [-0.05, 0) is 42.4 Å². The first kappa shape index (κ1) is 26.8. The number of pyridine rings is 1. The minimum atomic E-state index is -3.95. The van der Waals surface area contributed by atoms with E-state index in [1.807, 2.05) is 41.2 Å². The largest absolute Gasteiger partial charge is 0.481 e. The molecule has 0 bridgehead atoms. The third kappa shape index (κ3) is 6.56. The molecule has 9 nitrogen and oxygen atoms in total. The van der Waals surface area contributed by atoms with Gasteiger partial charge in [0.2, 0.25) is 0 Å². The van der Waals surface area contributed by atoms with Crippen molar-refractivity contribution in [3.8, 4) is 11.1 Å². The molecule has 1 aliphatic heterocycles. The summed E-state index contributed by atoms with van der Waals surface area (Å²) in [5.41, 5.74) is 3.30. The van der Waals surface area contributed by atoms with Gasteiger partial charge in [-0.25, -0.2) is 9.36 Å². The summed E-state index contributed by atoms with van der Waals surface area (Å²) >= 11 is 0. The Hall–Kier alpha value is -3.24. The molecule has 1 aromatic carbocycles. The first-order valence-electron chi connectivity index (χ1n) is 12.5. The van der Waals surface area contributed by atoms with E-state index >= 15 is 0 Å². The molecule has 0 spiro atoms. The number of unbranched alkanes of at least 4 members (excludes halogenated alkanes) is 1. The van der Waals surface area contributed by atoms with Crippen LogP contribution in [0.2, 0.25) is 0 Å². The zero-order valence-corrected chi connectivity index (χ0v) is 22.0. The van der Waals surface area contributed by atoms with Gasteiger partial charge in [0.1, 0.15) is 12.1 Å². The highest BCUT2D eigenvalue weighted by Gasteiger charge is 2.32. The van der Waals surface area contributed by atoms with Crippen LogP contribution >= 0.6 is 0 Å². The van der Waals surface area contributed by atoms with E-state index in [1.54, 1.807) is 0 Å². The van der Waals surface area contributed by atoms with Gasteiger partial charge in [0, 0.05) is 60.8 Å². The number of benzene rings is 1. The number of rotatable bonds is 10. The van der Waals surface area contributed by atoms with Crippen molar-refractivity contribution in [2.24, 2.45) is 0 Å². The Morgan fingerprint density at radius 3 is 2.54 bits per heavy atom. The second-order valence-corrected chi connectivity index (χ2v) is 11.9. The second-order valence-electron chi connectivity index (χ2n) is 10.3. The summed E-state index contributed by atoms with van der Waals surface area (Å²) in [6, 6.07) is 9.50. The van der Waals surface area contributed by atoms with Crippen LogP contribution in [0, 0.1) is 0 Å². The van der Waals surface area contributed by atoms with Crippen LogP contribution in [0.3, 0.4) is 0 Å². The lowest BCUT2D eigenvalue weighted by Gasteiger charge is -2.40. The summed E-state index contributed by atoms with van der Waals surface area (Å²) in [6.45, 7) is 6.42. The number of nitrogens with zero attached hydrogens (tertiary/aromatic N) is 2. The summed E-state index contributed by atoms with van der Waals surface area (Å²) in [5.74, 6) is -1.07. The van der Waals surface area contributed by atoms with Gasteiger partial charge in [0.25, 0.3) is 10.1 Å². The maximum Gasteiger partial charge on any atom is 0.344 e. The molecule has 0 amide bonds. The zero-order chi connectivity index (χ0) is 26.8. The molecule has 10 heteroatoms. The SMILES string of the molecule is CC1(C)CCN(CCCC(=O)O)c2cc3oc(=O)c(-c4cc[n+](CCCCS(=O)(=O)O)cc4)cc3cc21. The molecular weight excluding hydrogens is 496 g/mol. The van der Waals surface area contributed by atoms with Crippen LogP contribution in [0.15, 0.2) is 51.9 Å². The van der Waals surface area contributed by atoms with Crippen molar-refractivity contribution in [3.05, 3.63) is 58.7 Å². The van der Waals surface area contributed by atoms with Crippen molar-refractivity contribution in [2.45, 2.75) is 57.9 Å². The molecule has 0 fully saturated rings. The number of fused-ring (bicyclic) bond motifs is 2. The lowest BCUT2D eigenvalue weighted by atomic mass is 9.77. The summed E-state index contributed by atoms with van der Waals surface area (Å²) in [7, 11) is -3.95. The van der Waals surface area contributed by atoms with Gasteiger partial charge in [-0.3, -0.25) is 9.35 Å². The maximum atomic E-state index is 12.9. The number of carboxylic acids is 1. The molecule has 1 aliphatic rings. The predicted molar refractivity (Wildman–Crippen MR) is 140 cm³/mol. The molecule has 0 atom stereocenters. The molecule has 4 rings (SSSR count). The quantitative estimate of drug-likeness (QED) is 0.176. The fourth-order valence-corrected chi connectivity index (χ4v) is 5.42. The second kappa shape index (κ2) is 10.6. The van der Waals surface area contributed by atoms with Gasteiger partial charge >= 0.3 is 11.6 Å². The fraction of sp³-hybridized carbons (Fsp3) is 0.444. The van der Waals surface area contributed by atoms with Crippen LogP contribution < -0.4 is 15.1 Å². The molecule has 2 aromatic heterocycles. The van der Waals surface area contributed by atoms with Crippen molar-refractivity contribution < 1.29 is 31.9 Å². The summed E-state index contributed by atoms with van der Waals surface area (Å²) in [6.07, 6.45) is 6.21. The van der Waals surface area contributed by atoms with E-state index in [2.05, 4.69) is 24.8 Å². The number of aryl methyl sites for hydroxylation is 1. The average Bonchev–Trinajstić information content (AvgIpc) is 2.82. The van der Waals surface area contributed by atoms with Crippen LogP contribution in [0.25, 0.3) is 22.1 Å². The Morgan fingerprint density at radius 2 is 1.86 bits per heavy atom. The third-order valence-corrected chi connectivity index (χ3v) is 7.82. The number of hydrogen-bond acceptors (Lipinski definition) is 6. The first-order valence-corrected chi connectivity index (χ1v) is 14.1. The molecule has 3 aromatic rings. The van der Waals surface area contributed by atoms with Gasteiger partial charge in [-0.1, -0.05) is 13.8 Å². The zero-order valence-electron chi connectivity index (χ0n) is 21.1. The number of aromatic nitrogens is 1. The normalized spacial score (nSPS) is 15.1. The molecule has 0 aliphatic carbocycles. The smallest absolute Gasteiger partial charge is 0.344 e. The Morgan fingerprint density at radius 1 is 1.14 bits per heavy atom. The number of carboxylic acid groups (broad SMARTS) is 1. The van der Waals surface area contributed by atoms with E-state index in [-0.39, 0.29) is 17.6 Å². The molecule has 198 valence electrons. The average molecular weight is 530 g/mol. The van der Waals surface area contributed by atoms with E-state index in [0.717, 1.165) is 35.2 Å². The fourth-order valence-electron chi connectivity index (χ4n) is 4.85. The Bertz CT molecular complexity index is 1460. The minimum absolute atomic E-state index is 0.0727. The molecule has 0 saturated carbocycles. The van der Waals surface area contributed by atoms with Crippen molar-refractivity contribution in [2.75, 3.05) is 23.7 Å². The Balaban J connectivity index is 1.59. The molecular formula is C27H33N2O7S+. The summed E-state index contributed by atoms with van der Waals surface area (Å²) < 4.78 is 38.2. The van der Waals surface area contributed by atoms with E-state index < -0.39 is 21.7 Å². The van der Waals surface area contributed by atoms with E-state index in [9.17, 15) is 18.0 Å². The monoisotopic (exact) mass is 529 g/mol. The maximum absolute atomic E-state index is 12.9. The van der Waals surface area contributed by atoms with Crippen LogP contribution in [-0.4, -0.2) is 42.9 Å². The standard InChI is InChI=1S/C27H32N2O7S/c1-27(2)9-14-29(11-5-6-25(30)31)23-18-24-20(17-22(23)27)16-21(26(32)36-24)19-7-12-28(13-8-19)10-3-4-15-37(33,34)35/h7-8,12-13,16-18H,3-6,9-11,14-15H2,1-2H3,(H-,30,31,33,34,35)/p+1. The number of aliphatic carboxylic acids is 1. The van der Waals surface area contributed by atoms with Crippen LogP contribution in [0.4, 0.5) is 5.69 Å². The Labute approximate surface area is 216 Å². The minimum Gasteiger partial charge on any atom is -0.481 e. The third-order valence-electron chi connectivity index (χ3n) is 7.02.